The molecule has 2 rings (SSSR count). The first-order valence-electron chi connectivity index (χ1n) is 11.0. The van der Waals surface area contributed by atoms with Crippen LogP contribution < -0.4 is 10.6 Å². The second kappa shape index (κ2) is 12.4. The van der Waals surface area contributed by atoms with E-state index >= 15 is 0 Å². The Hall–Kier alpha value is -1.88. The van der Waals surface area contributed by atoms with E-state index in [-0.39, 0.29) is 12.3 Å². The monoisotopic (exact) mass is 559 g/mol. The second-order valence-electron chi connectivity index (χ2n) is 8.85. The lowest BCUT2D eigenvalue weighted by Crippen LogP contribution is -2.60. The number of hydrogen-bond donors (Lipinski definition) is 2. The predicted molar refractivity (Wildman–Crippen MR) is 131 cm³/mol. The molecule has 32 heavy (non-hydrogen) atoms. The van der Waals surface area contributed by atoms with Crippen molar-refractivity contribution in [2.75, 3.05) is 26.2 Å². The third-order valence-electron chi connectivity index (χ3n) is 4.89. The number of rotatable bonds is 8. The Morgan fingerprint density at radius 3 is 2.56 bits per heavy atom. The molecule has 0 spiro atoms. The van der Waals surface area contributed by atoms with Crippen LogP contribution in [0.15, 0.2) is 24.3 Å². The van der Waals surface area contributed by atoms with Gasteiger partial charge in [0, 0.05) is 23.2 Å². The van der Waals surface area contributed by atoms with E-state index in [0.29, 0.717) is 26.1 Å². The number of ketones is 1. The number of halogens is 1. The topological polar surface area (TPSA) is 97.0 Å². The van der Waals surface area contributed by atoms with Crippen molar-refractivity contribution in [3.8, 4) is 0 Å². The number of carbonyl (C=O) groups excluding carboxylic acids is 3. The summed E-state index contributed by atoms with van der Waals surface area (Å²) in [5.74, 6) is -0.194. The Labute approximate surface area is 203 Å². The lowest BCUT2D eigenvalue weighted by molar-refractivity contribution is -0.124. The molecule has 0 aromatic heterocycles. The van der Waals surface area contributed by atoms with Crippen LogP contribution >= 0.6 is 22.6 Å². The van der Waals surface area contributed by atoms with Crippen molar-refractivity contribution in [2.45, 2.75) is 64.6 Å². The standard InChI is InChI=1S/C23H34IN3O5/c1-5-6-13-31-22(30)27-12-11-25-19(15-27)20(28)18(26-21(29)32-23(2,3)4)14-16-7-9-17(24)10-8-16/h7-10,18-19,25H,5-6,11-15H2,1-4H3,(H,26,29)/t18-,19?/m0/s1. The lowest BCUT2D eigenvalue weighted by Gasteiger charge is -2.34. The van der Waals surface area contributed by atoms with Crippen molar-refractivity contribution < 1.29 is 23.9 Å². The van der Waals surface area contributed by atoms with Crippen LogP contribution in [-0.2, 0) is 20.7 Å². The number of Topliss-reactive ketones (excluding diaryl/α,β-unsaturated/α-hetero) is 1. The summed E-state index contributed by atoms with van der Waals surface area (Å²) >= 11 is 2.22. The summed E-state index contributed by atoms with van der Waals surface area (Å²) in [6.45, 7) is 8.85. The number of benzene rings is 1. The first kappa shape index (κ1) is 26.4. The average Bonchev–Trinajstić information content (AvgIpc) is 2.73. The maximum atomic E-state index is 13.4. The smallest absolute Gasteiger partial charge is 0.409 e. The number of nitrogens with one attached hydrogen (secondary N) is 2. The van der Waals surface area contributed by atoms with E-state index in [4.69, 9.17) is 9.47 Å². The Balaban J connectivity index is 2.10. The largest absolute Gasteiger partial charge is 0.449 e. The molecule has 1 aliphatic rings. The highest BCUT2D eigenvalue weighted by atomic mass is 127. The van der Waals surface area contributed by atoms with Gasteiger partial charge in [-0.25, -0.2) is 9.59 Å². The zero-order chi connectivity index (χ0) is 23.7. The minimum absolute atomic E-state index is 0.194. The van der Waals surface area contributed by atoms with Gasteiger partial charge >= 0.3 is 12.2 Å². The highest BCUT2D eigenvalue weighted by Gasteiger charge is 2.34. The maximum Gasteiger partial charge on any atom is 0.409 e. The molecule has 9 heteroatoms. The van der Waals surface area contributed by atoms with E-state index < -0.39 is 29.9 Å². The van der Waals surface area contributed by atoms with E-state index in [1.165, 1.54) is 0 Å². The van der Waals surface area contributed by atoms with Gasteiger partial charge in [0.2, 0.25) is 0 Å². The van der Waals surface area contributed by atoms with Crippen LogP contribution in [0.4, 0.5) is 9.59 Å². The summed E-state index contributed by atoms with van der Waals surface area (Å²) in [4.78, 5) is 39.7. The third-order valence-corrected chi connectivity index (χ3v) is 5.61. The summed E-state index contributed by atoms with van der Waals surface area (Å²) < 4.78 is 11.7. The van der Waals surface area contributed by atoms with Crippen LogP contribution in [0.5, 0.6) is 0 Å². The molecule has 1 aromatic carbocycles. The maximum absolute atomic E-state index is 13.4. The molecular weight excluding hydrogens is 525 g/mol. The molecule has 178 valence electrons. The average molecular weight is 559 g/mol. The van der Waals surface area contributed by atoms with Crippen LogP contribution in [0.25, 0.3) is 0 Å². The minimum atomic E-state index is -0.793. The molecule has 8 nitrogen and oxygen atoms in total. The van der Waals surface area contributed by atoms with E-state index in [1.807, 2.05) is 31.2 Å². The predicted octanol–water partition coefficient (Wildman–Crippen LogP) is 3.51. The Morgan fingerprint density at radius 2 is 1.94 bits per heavy atom. The molecule has 0 radical (unpaired) electrons. The van der Waals surface area contributed by atoms with E-state index in [0.717, 1.165) is 22.0 Å². The van der Waals surface area contributed by atoms with Crippen LogP contribution in [0.2, 0.25) is 0 Å². The molecular formula is C23H34IN3O5. The van der Waals surface area contributed by atoms with E-state index in [2.05, 4.69) is 33.2 Å². The van der Waals surface area contributed by atoms with Crippen molar-refractivity contribution in [3.05, 3.63) is 33.4 Å². The molecule has 2 atom stereocenters. The van der Waals surface area contributed by atoms with Crippen LogP contribution in [-0.4, -0.2) is 66.8 Å². The molecule has 2 amide bonds. The molecule has 0 saturated carbocycles. The molecule has 1 aliphatic heterocycles. The molecule has 2 N–H and O–H groups in total. The van der Waals surface area contributed by atoms with Gasteiger partial charge in [0.05, 0.1) is 18.7 Å². The molecule has 1 unspecified atom stereocenters. The molecule has 1 fully saturated rings. The Morgan fingerprint density at radius 1 is 1.25 bits per heavy atom. The van der Waals surface area contributed by atoms with Crippen LogP contribution in [0.1, 0.15) is 46.1 Å². The van der Waals surface area contributed by atoms with Gasteiger partial charge in [-0.1, -0.05) is 25.5 Å². The summed E-state index contributed by atoms with van der Waals surface area (Å²) in [7, 11) is 0. The van der Waals surface area contributed by atoms with Crippen LogP contribution in [0, 0.1) is 3.57 Å². The lowest BCUT2D eigenvalue weighted by atomic mass is 9.97. The van der Waals surface area contributed by atoms with Gasteiger partial charge in [-0.2, -0.15) is 0 Å². The summed E-state index contributed by atoms with van der Waals surface area (Å²) in [5, 5.41) is 5.91. The van der Waals surface area contributed by atoms with Gasteiger partial charge in [0.15, 0.2) is 5.78 Å². The summed E-state index contributed by atoms with van der Waals surface area (Å²) in [6.07, 6.45) is 1.01. The number of unbranched alkanes of at least 4 members (excludes halogenated alkanes) is 1. The highest BCUT2D eigenvalue weighted by molar-refractivity contribution is 14.1. The van der Waals surface area contributed by atoms with E-state index in [9.17, 15) is 14.4 Å². The molecule has 0 aliphatic carbocycles. The summed E-state index contributed by atoms with van der Waals surface area (Å²) in [6, 6.07) is 6.38. The first-order chi connectivity index (χ1) is 15.1. The van der Waals surface area contributed by atoms with Crippen molar-refractivity contribution >= 4 is 40.6 Å². The number of amides is 2. The second-order valence-corrected chi connectivity index (χ2v) is 10.1. The molecule has 1 heterocycles. The van der Waals surface area contributed by atoms with Gasteiger partial charge in [-0.3, -0.25) is 4.79 Å². The number of hydrogen-bond acceptors (Lipinski definition) is 6. The van der Waals surface area contributed by atoms with Gasteiger partial charge in [0.25, 0.3) is 0 Å². The molecule has 1 aromatic rings. The first-order valence-corrected chi connectivity index (χ1v) is 12.1. The van der Waals surface area contributed by atoms with Gasteiger partial charge < -0.3 is 25.0 Å². The summed E-state index contributed by atoms with van der Waals surface area (Å²) in [5.41, 5.74) is 0.245. The zero-order valence-electron chi connectivity index (χ0n) is 19.3. The van der Waals surface area contributed by atoms with Crippen molar-refractivity contribution in [2.24, 2.45) is 0 Å². The van der Waals surface area contributed by atoms with Crippen molar-refractivity contribution in [1.29, 1.82) is 0 Å². The van der Waals surface area contributed by atoms with Gasteiger partial charge in [0.1, 0.15) is 5.60 Å². The van der Waals surface area contributed by atoms with Crippen molar-refractivity contribution in [1.82, 2.24) is 15.5 Å². The number of alkyl carbamates (subject to hydrolysis) is 1. The SMILES string of the molecule is CCCCOC(=O)N1CCNC(C(=O)[C@H](Cc2ccc(I)cc2)NC(=O)OC(C)(C)C)C1. The van der Waals surface area contributed by atoms with Gasteiger partial charge in [-0.05, 0) is 73.9 Å². The minimum Gasteiger partial charge on any atom is -0.449 e. The van der Waals surface area contributed by atoms with Crippen molar-refractivity contribution in [3.63, 3.8) is 0 Å². The number of carbonyl (C=O) groups is 3. The normalized spacial score (nSPS) is 17.4. The van der Waals surface area contributed by atoms with E-state index in [1.54, 1.807) is 25.7 Å². The fourth-order valence-corrected chi connectivity index (χ4v) is 3.63. The number of nitrogens with zero attached hydrogens (tertiary/aromatic N) is 1. The molecule has 0 bridgehead atoms. The number of ether oxygens (including phenoxy) is 2. The fraction of sp³-hybridized carbons (Fsp3) is 0.609. The zero-order valence-corrected chi connectivity index (χ0v) is 21.4. The quantitative estimate of drug-likeness (QED) is 0.374. The third kappa shape index (κ3) is 8.93. The Kier molecular flexibility index (Phi) is 10.2. The van der Waals surface area contributed by atoms with Gasteiger partial charge in [-0.15, -0.1) is 0 Å². The Bertz CT molecular complexity index is 779. The highest BCUT2D eigenvalue weighted by Crippen LogP contribution is 2.13. The molecule has 1 saturated heterocycles. The number of piperazine rings is 1. The fourth-order valence-electron chi connectivity index (χ4n) is 3.27. The van der Waals surface area contributed by atoms with Crippen LogP contribution in [0.3, 0.4) is 0 Å².